The second-order valence-corrected chi connectivity index (χ2v) is 6.84. The fourth-order valence-corrected chi connectivity index (χ4v) is 3.16. The monoisotopic (exact) mass is 282 g/mol. The zero-order chi connectivity index (χ0) is 14.5. The van der Waals surface area contributed by atoms with Crippen LogP contribution in [0.2, 0.25) is 0 Å². The van der Waals surface area contributed by atoms with E-state index in [0.717, 1.165) is 13.2 Å². The smallest absolute Gasteiger partial charge is 0.410 e. The number of hydrogen-bond donors (Lipinski definition) is 0. The van der Waals surface area contributed by atoms with Gasteiger partial charge in [-0.15, -0.1) is 0 Å². The molecule has 2 saturated heterocycles. The number of fused-ring (bicyclic) bond motifs is 1. The first-order valence-electron chi connectivity index (χ1n) is 7.22. The van der Waals surface area contributed by atoms with Gasteiger partial charge in [-0.05, 0) is 20.8 Å². The van der Waals surface area contributed by atoms with E-state index in [2.05, 4.69) is 0 Å². The fraction of sp³-hybridized carbons (Fsp3) is 0.857. The van der Waals surface area contributed by atoms with Crippen LogP contribution in [0.1, 0.15) is 20.8 Å². The lowest BCUT2D eigenvalue weighted by Crippen LogP contribution is -2.54. The van der Waals surface area contributed by atoms with Crippen LogP contribution in [0.5, 0.6) is 0 Å². The van der Waals surface area contributed by atoms with Crippen LogP contribution in [-0.2, 0) is 14.3 Å². The average molecular weight is 282 g/mol. The molecule has 6 heteroatoms. The van der Waals surface area contributed by atoms with Crippen LogP contribution in [0.4, 0.5) is 4.79 Å². The Morgan fingerprint density at radius 3 is 2.45 bits per heavy atom. The molecule has 3 rings (SSSR count). The number of rotatable bonds is 1. The molecular formula is C14H22N2O4. The predicted octanol–water partition coefficient (Wildman–Crippen LogP) is 0.710. The third-order valence-electron chi connectivity index (χ3n) is 4.18. The van der Waals surface area contributed by atoms with Gasteiger partial charge in [-0.1, -0.05) is 0 Å². The summed E-state index contributed by atoms with van der Waals surface area (Å²) in [7, 11) is 0. The fourth-order valence-electron chi connectivity index (χ4n) is 3.16. The predicted molar refractivity (Wildman–Crippen MR) is 71.1 cm³/mol. The Morgan fingerprint density at radius 2 is 1.90 bits per heavy atom. The van der Waals surface area contributed by atoms with E-state index in [4.69, 9.17) is 9.47 Å². The van der Waals surface area contributed by atoms with Crippen molar-refractivity contribution in [1.29, 1.82) is 0 Å². The number of amides is 2. The quantitative estimate of drug-likeness (QED) is 0.711. The Balaban J connectivity index is 1.55. The summed E-state index contributed by atoms with van der Waals surface area (Å²) in [5.41, 5.74) is -0.526. The van der Waals surface area contributed by atoms with Crippen LogP contribution in [0.3, 0.4) is 0 Å². The highest BCUT2D eigenvalue weighted by Gasteiger charge is 2.58. The maximum atomic E-state index is 12.2. The first-order chi connectivity index (χ1) is 9.37. The molecule has 1 saturated carbocycles. The number of carbonyl (C=O) groups is 2. The second-order valence-electron chi connectivity index (χ2n) is 6.84. The van der Waals surface area contributed by atoms with Gasteiger partial charge in [0, 0.05) is 31.0 Å². The van der Waals surface area contributed by atoms with E-state index in [-0.39, 0.29) is 12.5 Å². The summed E-state index contributed by atoms with van der Waals surface area (Å²) >= 11 is 0. The average Bonchev–Trinajstić information content (AvgIpc) is 2.80. The largest absolute Gasteiger partial charge is 0.444 e. The van der Waals surface area contributed by atoms with Gasteiger partial charge in [0.2, 0.25) is 5.91 Å². The molecule has 3 fully saturated rings. The van der Waals surface area contributed by atoms with Crippen LogP contribution in [-0.4, -0.2) is 66.3 Å². The molecule has 3 aliphatic rings. The van der Waals surface area contributed by atoms with Crippen LogP contribution in [0, 0.1) is 11.8 Å². The standard InChI is InChI=1S/C14H22N2O4/c1-14(2,3)20-13(18)15-4-5-16(11(17)6-15)12-9-7-19-8-10(9)12/h9-10,12H,4-8H2,1-3H3/t9-,10-/m0/s1. The summed E-state index contributed by atoms with van der Waals surface area (Å²) < 4.78 is 10.7. The van der Waals surface area contributed by atoms with Crippen molar-refractivity contribution in [2.75, 3.05) is 32.8 Å². The topological polar surface area (TPSA) is 59.1 Å². The number of piperazine rings is 1. The van der Waals surface area contributed by atoms with E-state index < -0.39 is 11.7 Å². The summed E-state index contributed by atoms with van der Waals surface area (Å²) in [4.78, 5) is 27.6. The summed E-state index contributed by atoms with van der Waals surface area (Å²) in [6.07, 6.45) is -0.398. The second kappa shape index (κ2) is 4.62. The molecule has 0 bridgehead atoms. The third-order valence-corrected chi connectivity index (χ3v) is 4.18. The van der Waals surface area contributed by atoms with Gasteiger partial charge in [0.15, 0.2) is 0 Å². The normalized spacial score (nSPS) is 33.1. The van der Waals surface area contributed by atoms with Crippen molar-refractivity contribution >= 4 is 12.0 Å². The number of hydrogen-bond acceptors (Lipinski definition) is 4. The van der Waals surface area contributed by atoms with E-state index in [9.17, 15) is 9.59 Å². The van der Waals surface area contributed by atoms with Crippen molar-refractivity contribution in [2.45, 2.75) is 32.4 Å². The molecule has 2 atom stereocenters. The van der Waals surface area contributed by atoms with Gasteiger partial charge in [-0.2, -0.15) is 0 Å². The third kappa shape index (κ3) is 2.49. The minimum Gasteiger partial charge on any atom is -0.444 e. The maximum Gasteiger partial charge on any atom is 0.410 e. The van der Waals surface area contributed by atoms with Crippen LogP contribution in [0.15, 0.2) is 0 Å². The van der Waals surface area contributed by atoms with Crippen LogP contribution in [0.25, 0.3) is 0 Å². The van der Waals surface area contributed by atoms with Gasteiger partial charge in [0.25, 0.3) is 0 Å². The molecule has 0 spiro atoms. The Labute approximate surface area is 119 Å². The minimum atomic E-state index is -0.526. The van der Waals surface area contributed by atoms with E-state index >= 15 is 0 Å². The summed E-state index contributed by atoms with van der Waals surface area (Å²) in [6, 6.07) is 0.344. The Bertz CT molecular complexity index is 421. The summed E-state index contributed by atoms with van der Waals surface area (Å²) in [5.74, 6) is 1.07. The highest BCUT2D eigenvalue weighted by Crippen LogP contribution is 2.48. The Kier molecular flexibility index (Phi) is 3.16. The molecule has 2 aliphatic heterocycles. The van der Waals surface area contributed by atoms with E-state index in [1.165, 1.54) is 4.90 Å². The molecule has 0 unspecified atom stereocenters. The minimum absolute atomic E-state index is 0.0292. The molecule has 112 valence electrons. The summed E-state index contributed by atoms with van der Waals surface area (Å²) in [6.45, 7) is 8.32. The zero-order valence-corrected chi connectivity index (χ0v) is 12.3. The van der Waals surface area contributed by atoms with Crippen molar-refractivity contribution in [3.8, 4) is 0 Å². The van der Waals surface area contributed by atoms with Crippen molar-refractivity contribution in [2.24, 2.45) is 11.8 Å². The van der Waals surface area contributed by atoms with Gasteiger partial charge in [0.05, 0.1) is 13.2 Å². The van der Waals surface area contributed by atoms with Crippen molar-refractivity contribution in [3.63, 3.8) is 0 Å². The van der Waals surface area contributed by atoms with E-state index in [1.54, 1.807) is 0 Å². The molecular weight excluding hydrogens is 260 g/mol. The molecule has 0 aromatic rings. The molecule has 0 N–H and O–H groups in total. The highest BCUT2D eigenvalue weighted by molar-refractivity contribution is 5.84. The number of ether oxygens (including phenoxy) is 2. The van der Waals surface area contributed by atoms with Gasteiger partial charge in [-0.25, -0.2) is 4.79 Å². The van der Waals surface area contributed by atoms with Gasteiger partial charge in [0.1, 0.15) is 12.1 Å². The van der Waals surface area contributed by atoms with E-state index in [0.29, 0.717) is 31.0 Å². The van der Waals surface area contributed by atoms with Gasteiger partial charge < -0.3 is 14.4 Å². The van der Waals surface area contributed by atoms with Crippen LogP contribution < -0.4 is 0 Å². The molecule has 1 aliphatic carbocycles. The lowest BCUT2D eigenvalue weighted by atomic mass is 10.2. The van der Waals surface area contributed by atoms with Crippen LogP contribution >= 0.6 is 0 Å². The van der Waals surface area contributed by atoms with Gasteiger partial charge in [-0.3, -0.25) is 9.69 Å². The first-order valence-corrected chi connectivity index (χ1v) is 7.22. The Morgan fingerprint density at radius 1 is 1.25 bits per heavy atom. The highest BCUT2D eigenvalue weighted by atomic mass is 16.6. The summed E-state index contributed by atoms with van der Waals surface area (Å²) in [5, 5.41) is 0. The SMILES string of the molecule is CC(C)(C)OC(=O)N1CCN(C2[C@H]3COC[C@H]23)C(=O)C1. The van der Waals surface area contributed by atoms with Crippen molar-refractivity contribution in [1.82, 2.24) is 9.80 Å². The van der Waals surface area contributed by atoms with Gasteiger partial charge >= 0.3 is 6.09 Å². The number of carbonyl (C=O) groups excluding carboxylic acids is 2. The molecule has 2 amide bonds. The lowest BCUT2D eigenvalue weighted by Gasteiger charge is -2.36. The molecule has 0 aromatic carbocycles. The maximum absolute atomic E-state index is 12.2. The van der Waals surface area contributed by atoms with Crippen molar-refractivity contribution < 1.29 is 19.1 Å². The first kappa shape index (κ1) is 13.7. The molecule has 0 radical (unpaired) electrons. The lowest BCUT2D eigenvalue weighted by molar-refractivity contribution is -0.137. The molecule has 20 heavy (non-hydrogen) atoms. The Hall–Kier alpha value is -1.30. The molecule has 0 aromatic heterocycles. The zero-order valence-electron chi connectivity index (χ0n) is 12.3. The van der Waals surface area contributed by atoms with Crippen molar-refractivity contribution in [3.05, 3.63) is 0 Å². The number of nitrogens with zero attached hydrogens (tertiary/aromatic N) is 2. The molecule has 2 heterocycles. The molecule has 6 nitrogen and oxygen atoms in total. The van der Waals surface area contributed by atoms with E-state index in [1.807, 2.05) is 25.7 Å².